The van der Waals surface area contributed by atoms with Crippen LogP contribution in [0.2, 0.25) is 0 Å². The van der Waals surface area contributed by atoms with Crippen LogP contribution in [0.15, 0.2) is 41.1 Å². The molecule has 2 aromatic rings. The minimum Gasteiger partial charge on any atom is -0.349 e. The van der Waals surface area contributed by atoms with Crippen LogP contribution in [0.5, 0.6) is 0 Å². The quantitative estimate of drug-likeness (QED) is 0.896. The average Bonchev–Trinajstić information content (AvgIpc) is 2.70. The monoisotopic (exact) mass is 265 g/mol. The molecular weight excluding hydrogens is 254 g/mol. The van der Waals surface area contributed by atoms with Crippen molar-refractivity contribution in [3.8, 4) is 0 Å². The second-order valence-corrected chi connectivity index (χ2v) is 4.32. The number of nitrogens with zero attached hydrogens (tertiary/aromatic N) is 1. The lowest BCUT2D eigenvalue weighted by atomic mass is 10.0. The first-order valence-electron chi connectivity index (χ1n) is 4.75. The van der Waals surface area contributed by atoms with Gasteiger partial charge in [0.25, 0.3) is 0 Å². The van der Waals surface area contributed by atoms with Crippen molar-refractivity contribution in [3.63, 3.8) is 0 Å². The molecule has 3 nitrogen and oxygen atoms in total. The highest BCUT2D eigenvalue weighted by atomic mass is 79.9. The number of rotatable bonds is 3. The van der Waals surface area contributed by atoms with E-state index in [1.54, 1.807) is 6.20 Å². The number of aromatic amines is 1. The van der Waals surface area contributed by atoms with Crippen LogP contribution in [-0.2, 0) is 6.42 Å². The van der Waals surface area contributed by atoms with E-state index in [2.05, 4.69) is 25.9 Å². The van der Waals surface area contributed by atoms with Crippen molar-refractivity contribution in [2.24, 2.45) is 5.73 Å². The van der Waals surface area contributed by atoms with Gasteiger partial charge in [0, 0.05) is 29.3 Å². The molecule has 3 N–H and O–H groups in total. The molecule has 0 aliphatic heterocycles. The van der Waals surface area contributed by atoms with E-state index >= 15 is 0 Å². The van der Waals surface area contributed by atoms with E-state index in [1.807, 2.05) is 30.5 Å². The average molecular weight is 266 g/mol. The molecule has 1 atom stereocenters. The Morgan fingerprint density at radius 1 is 1.47 bits per heavy atom. The molecule has 0 aliphatic carbocycles. The summed E-state index contributed by atoms with van der Waals surface area (Å²) in [7, 11) is 0. The van der Waals surface area contributed by atoms with Gasteiger partial charge in [0.15, 0.2) is 0 Å². The number of nitrogens with two attached hydrogens (primary N) is 1. The van der Waals surface area contributed by atoms with Crippen molar-refractivity contribution in [1.29, 1.82) is 0 Å². The fraction of sp³-hybridized carbons (Fsp3) is 0.182. The molecule has 1 unspecified atom stereocenters. The first-order valence-corrected chi connectivity index (χ1v) is 5.54. The zero-order chi connectivity index (χ0) is 10.7. The summed E-state index contributed by atoms with van der Waals surface area (Å²) >= 11 is 3.43. The second kappa shape index (κ2) is 4.59. The second-order valence-electron chi connectivity index (χ2n) is 3.40. The Labute approximate surface area is 96.9 Å². The lowest BCUT2D eigenvalue weighted by molar-refractivity contribution is 0.694. The highest BCUT2D eigenvalue weighted by molar-refractivity contribution is 9.10. The summed E-state index contributed by atoms with van der Waals surface area (Å²) in [5, 5.41) is 0. The molecule has 0 amide bonds. The summed E-state index contributed by atoms with van der Waals surface area (Å²) in [6.45, 7) is 0. The molecule has 0 spiro atoms. The molecular formula is C11H12BrN3. The summed E-state index contributed by atoms with van der Waals surface area (Å²) in [5.41, 5.74) is 7.19. The Balaban J connectivity index is 2.11. The smallest absolute Gasteiger partial charge is 0.107 e. The van der Waals surface area contributed by atoms with Gasteiger partial charge < -0.3 is 10.7 Å². The molecule has 0 saturated carbocycles. The van der Waals surface area contributed by atoms with Gasteiger partial charge in [-0.1, -0.05) is 28.1 Å². The molecule has 78 valence electrons. The molecule has 2 rings (SSSR count). The number of imidazole rings is 1. The maximum Gasteiger partial charge on any atom is 0.107 e. The molecule has 0 aliphatic rings. The predicted octanol–water partition coefficient (Wildman–Crippen LogP) is 2.41. The number of H-pyrrole nitrogens is 1. The van der Waals surface area contributed by atoms with Gasteiger partial charge in [-0.25, -0.2) is 4.98 Å². The number of hydrogen-bond acceptors (Lipinski definition) is 2. The van der Waals surface area contributed by atoms with Crippen LogP contribution < -0.4 is 5.73 Å². The molecule has 0 bridgehead atoms. The SMILES string of the molecule is NC(Cc1ncc[nH]1)c1cccc(Br)c1. The minimum atomic E-state index is -0.0198. The standard InChI is InChI=1S/C11H12BrN3/c12-9-3-1-2-8(6-9)10(13)7-11-14-4-5-15-11/h1-6,10H,7,13H2,(H,14,15). The third-order valence-corrected chi connectivity index (χ3v) is 2.74. The van der Waals surface area contributed by atoms with Crippen molar-refractivity contribution in [1.82, 2.24) is 9.97 Å². The van der Waals surface area contributed by atoms with Crippen LogP contribution in [0.4, 0.5) is 0 Å². The van der Waals surface area contributed by atoms with E-state index in [1.165, 1.54) is 0 Å². The lowest BCUT2D eigenvalue weighted by Crippen LogP contribution is -2.14. The van der Waals surface area contributed by atoms with Gasteiger partial charge in [0.1, 0.15) is 5.82 Å². The van der Waals surface area contributed by atoms with Crippen molar-refractivity contribution in [2.75, 3.05) is 0 Å². The zero-order valence-corrected chi connectivity index (χ0v) is 9.74. The summed E-state index contributed by atoms with van der Waals surface area (Å²) in [5.74, 6) is 0.919. The first-order chi connectivity index (χ1) is 7.25. The van der Waals surface area contributed by atoms with Crippen molar-refractivity contribution < 1.29 is 0 Å². The maximum absolute atomic E-state index is 6.07. The Hall–Kier alpha value is -1.13. The van der Waals surface area contributed by atoms with E-state index in [9.17, 15) is 0 Å². The lowest BCUT2D eigenvalue weighted by Gasteiger charge is -2.10. The zero-order valence-electron chi connectivity index (χ0n) is 8.15. The van der Waals surface area contributed by atoms with Crippen LogP contribution in [0.1, 0.15) is 17.4 Å². The Morgan fingerprint density at radius 2 is 2.33 bits per heavy atom. The number of hydrogen-bond donors (Lipinski definition) is 2. The number of halogens is 1. The first kappa shape index (κ1) is 10.4. The largest absolute Gasteiger partial charge is 0.349 e. The van der Waals surface area contributed by atoms with Crippen molar-refractivity contribution in [2.45, 2.75) is 12.5 Å². The molecule has 1 aromatic carbocycles. The highest BCUT2D eigenvalue weighted by Gasteiger charge is 2.08. The number of nitrogens with one attached hydrogen (secondary N) is 1. The van der Waals surface area contributed by atoms with E-state index in [0.717, 1.165) is 22.3 Å². The predicted molar refractivity (Wildman–Crippen MR) is 63.4 cm³/mol. The number of benzene rings is 1. The molecule has 1 heterocycles. The minimum absolute atomic E-state index is 0.0198. The van der Waals surface area contributed by atoms with Crippen molar-refractivity contribution in [3.05, 3.63) is 52.5 Å². The summed E-state index contributed by atoms with van der Waals surface area (Å²) < 4.78 is 1.05. The van der Waals surface area contributed by atoms with Gasteiger partial charge in [0.2, 0.25) is 0 Å². The van der Waals surface area contributed by atoms with Gasteiger partial charge >= 0.3 is 0 Å². The third kappa shape index (κ3) is 2.67. The van der Waals surface area contributed by atoms with Crippen LogP contribution >= 0.6 is 15.9 Å². The molecule has 4 heteroatoms. The molecule has 0 radical (unpaired) electrons. The van der Waals surface area contributed by atoms with Crippen LogP contribution in [0, 0.1) is 0 Å². The normalized spacial score (nSPS) is 12.7. The van der Waals surface area contributed by atoms with Gasteiger partial charge in [0.05, 0.1) is 0 Å². The fourth-order valence-electron chi connectivity index (χ4n) is 1.47. The third-order valence-electron chi connectivity index (χ3n) is 2.24. The Morgan fingerprint density at radius 3 is 3.00 bits per heavy atom. The Bertz CT molecular complexity index is 425. The van der Waals surface area contributed by atoms with Crippen LogP contribution in [-0.4, -0.2) is 9.97 Å². The Kier molecular flexibility index (Phi) is 3.18. The number of aromatic nitrogens is 2. The summed E-state index contributed by atoms with van der Waals surface area (Å²) in [6, 6.07) is 8.02. The van der Waals surface area contributed by atoms with Crippen LogP contribution in [0.25, 0.3) is 0 Å². The summed E-state index contributed by atoms with van der Waals surface area (Å²) in [4.78, 5) is 7.21. The van der Waals surface area contributed by atoms with E-state index in [4.69, 9.17) is 5.73 Å². The maximum atomic E-state index is 6.07. The van der Waals surface area contributed by atoms with E-state index in [0.29, 0.717) is 0 Å². The summed E-state index contributed by atoms with van der Waals surface area (Å²) in [6.07, 6.45) is 4.27. The molecule has 0 fully saturated rings. The van der Waals surface area contributed by atoms with Gasteiger partial charge in [-0.3, -0.25) is 0 Å². The van der Waals surface area contributed by atoms with Crippen LogP contribution in [0.3, 0.4) is 0 Å². The van der Waals surface area contributed by atoms with Gasteiger partial charge in [-0.2, -0.15) is 0 Å². The fourth-order valence-corrected chi connectivity index (χ4v) is 1.89. The van der Waals surface area contributed by atoms with E-state index in [-0.39, 0.29) is 6.04 Å². The highest BCUT2D eigenvalue weighted by Crippen LogP contribution is 2.18. The van der Waals surface area contributed by atoms with E-state index < -0.39 is 0 Å². The van der Waals surface area contributed by atoms with Crippen molar-refractivity contribution >= 4 is 15.9 Å². The molecule has 15 heavy (non-hydrogen) atoms. The van der Waals surface area contributed by atoms with Gasteiger partial charge in [-0.15, -0.1) is 0 Å². The molecule has 1 aromatic heterocycles. The van der Waals surface area contributed by atoms with Gasteiger partial charge in [-0.05, 0) is 17.7 Å². The topological polar surface area (TPSA) is 54.7 Å². The molecule has 0 saturated heterocycles.